The molecule has 0 saturated carbocycles. The molecule has 0 spiro atoms. The quantitative estimate of drug-likeness (QED) is 0.357. The third kappa shape index (κ3) is 5.44. The highest BCUT2D eigenvalue weighted by molar-refractivity contribution is 6.10. The molecule has 0 aromatic rings. The van der Waals surface area contributed by atoms with Gasteiger partial charge in [0, 0.05) is 6.20 Å². The first-order valence-electron chi connectivity index (χ1n) is 3.12. The van der Waals surface area contributed by atoms with Crippen LogP contribution in [0.4, 0.5) is 0 Å². The molecule has 3 heteroatoms. The Labute approximate surface area is 63.3 Å². The minimum absolute atomic E-state index is 0.595. The molecule has 0 saturated heterocycles. The summed E-state index contributed by atoms with van der Waals surface area (Å²) in [6, 6.07) is 0. The highest BCUT2D eigenvalue weighted by Gasteiger charge is 1.76. The molecule has 0 aliphatic carbocycles. The van der Waals surface area contributed by atoms with Crippen LogP contribution < -0.4 is 5.48 Å². The SMILES string of the molecule is [B]C/C(C)=C\C=C/NOC. The van der Waals surface area contributed by atoms with Gasteiger partial charge >= 0.3 is 0 Å². The first kappa shape index (κ1) is 9.30. The van der Waals surface area contributed by atoms with Gasteiger partial charge in [-0.25, -0.2) is 0 Å². The van der Waals surface area contributed by atoms with E-state index in [0.29, 0.717) is 6.32 Å². The standard InChI is InChI=1S/C7H12BNO/c1-7(6-8)4-3-5-9-10-2/h3-5,9H,6H2,1-2H3/b5-3-,7-4-. The van der Waals surface area contributed by atoms with Gasteiger partial charge in [0.15, 0.2) is 0 Å². The molecule has 0 bridgehead atoms. The summed E-state index contributed by atoms with van der Waals surface area (Å²) in [5, 5.41) is 0. The molecule has 0 heterocycles. The minimum Gasteiger partial charge on any atom is -0.280 e. The second-order valence-corrected chi connectivity index (χ2v) is 1.90. The van der Waals surface area contributed by atoms with E-state index < -0.39 is 0 Å². The molecule has 2 radical (unpaired) electrons. The maximum atomic E-state index is 5.33. The van der Waals surface area contributed by atoms with Gasteiger partial charge in [-0.1, -0.05) is 18.0 Å². The first-order chi connectivity index (χ1) is 4.81. The van der Waals surface area contributed by atoms with Crippen molar-refractivity contribution in [1.29, 1.82) is 0 Å². The van der Waals surface area contributed by atoms with Crippen molar-refractivity contribution in [2.45, 2.75) is 13.2 Å². The lowest BCUT2D eigenvalue weighted by molar-refractivity contribution is 0.128. The van der Waals surface area contributed by atoms with Crippen molar-refractivity contribution in [2.24, 2.45) is 0 Å². The predicted molar refractivity (Wildman–Crippen MR) is 43.6 cm³/mol. The second-order valence-electron chi connectivity index (χ2n) is 1.90. The van der Waals surface area contributed by atoms with Crippen LogP contribution in [0, 0.1) is 0 Å². The zero-order valence-electron chi connectivity index (χ0n) is 6.42. The van der Waals surface area contributed by atoms with E-state index in [0.717, 1.165) is 5.57 Å². The number of rotatable bonds is 4. The summed E-state index contributed by atoms with van der Waals surface area (Å²) in [5.41, 5.74) is 3.70. The molecule has 54 valence electrons. The molecule has 0 aliphatic rings. The summed E-state index contributed by atoms with van der Waals surface area (Å²) in [5.74, 6) is 0. The Kier molecular flexibility index (Phi) is 5.98. The molecule has 0 amide bonds. The fourth-order valence-corrected chi connectivity index (χ4v) is 0.388. The zero-order chi connectivity index (χ0) is 7.82. The lowest BCUT2D eigenvalue weighted by atomic mass is 9.98. The van der Waals surface area contributed by atoms with Gasteiger partial charge in [0.05, 0.1) is 15.0 Å². The lowest BCUT2D eigenvalue weighted by Crippen LogP contribution is -1.99. The molecule has 0 atom stereocenters. The average Bonchev–Trinajstić information content (AvgIpc) is 1.98. The first-order valence-corrected chi connectivity index (χ1v) is 3.12. The Hall–Kier alpha value is -0.695. The van der Waals surface area contributed by atoms with Crippen molar-refractivity contribution in [2.75, 3.05) is 7.11 Å². The molecular weight excluding hydrogens is 125 g/mol. The van der Waals surface area contributed by atoms with Crippen LogP contribution in [0.25, 0.3) is 0 Å². The summed E-state index contributed by atoms with van der Waals surface area (Å²) in [4.78, 5) is 4.56. The van der Waals surface area contributed by atoms with Crippen molar-refractivity contribution >= 4 is 7.85 Å². The van der Waals surface area contributed by atoms with Crippen molar-refractivity contribution in [1.82, 2.24) is 5.48 Å². The third-order valence-corrected chi connectivity index (χ3v) is 0.985. The normalized spacial score (nSPS) is 12.4. The van der Waals surface area contributed by atoms with Gasteiger partial charge in [-0.2, -0.15) is 0 Å². The van der Waals surface area contributed by atoms with Crippen LogP contribution in [-0.2, 0) is 4.84 Å². The van der Waals surface area contributed by atoms with E-state index in [1.165, 1.54) is 0 Å². The van der Waals surface area contributed by atoms with Gasteiger partial charge in [0.2, 0.25) is 0 Å². The predicted octanol–water partition coefficient (Wildman–Crippen LogP) is 1.18. The fourth-order valence-electron chi connectivity index (χ4n) is 0.388. The van der Waals surface area contributed by atoms with Crippen LogP contribution in [-0.4, -0.2) is 15.0 Å². The average molecular weight is 137 g/mol. The van der Waals surface area contributed by atoms with Gasteiger partial charge in [0.1, 0.15) is 0 Å². The highest BCUT2D eigenvalue weighted by atomic mass is 16.6. The Morgan fingerprint density at radius 1 is 1.70 bits per heavy atom. The van der Waals surface area contributed by atoms with Gasteiger partial charge in [-0.15, -0.1) is 0 Å². The van der Waals surface area contributed by atoms with E-state index in [9.17, 15) is 0 Å². The molecule has 0 rings (SSSR count). The van der Waals surface area contributed by atoms with Gasteiger partial charge in [0.25, 0.3) is 0 Å². The van der Waals surface area contributed by atoms with Gasteiger partial charge in [-0.05, 0) is 13.0 Å². The number of hydroxylamine groups is 1. The monoisotopic (exact) mass is 137 g/mol. The summed E-state index contributed by atoms with van der Waals surface area (Å²) < 4.78 is 0. The number of allylic oxidation sites excluding steroid dienone is 3. The molecule has 0 aliphatic heterocycles. The van der Waals surface area contributed by atoms with E-state index in [1.54, 1.807) is 13.3 Å². The van der Waals surface area contributed by atoms with Crippen LogP contribution in [0.1, 0.15) is 6.92 Å². The molecule has 2 nitrogen and oxygen atoms in total. The molecule has 0 unspecified atom stereocenters. The largest absolute Gasteiger partial charge is 0.280 e. The topological polar surface area (TPSA) is 21.3 Å². The summed E-state index contributed by atoms with van der Waals surface area (Å²) in [7, 11) is 6.89. The Morgan fingerprint density at radius 3 is 2.90 bits per heavy atom. The maximum Gasteiger partial charge on any atom is 0.0712 e. The Morgan fingerprint density at radius 2 is 2.40 bits per heavy atom. The Bertz CT molecular complexity index is 132. The lowest BCUT2D eigenvalue weighted by Gasteiger charge is -1.91. The maximum absolute atomic E-state index is 5.33. The summed E-state index contributed by atoms with van der Waals surface area (Å²) >= 11 is 0. The third-order valence-electron chi connectivity index (χ3n) is 0.985. The molecular formula is C7H12BNO. The number of nitrogens with one attached hydrogen (secondary N) is 1. The summed E-state index contributed by atoms with van der Waals surface area (Å²) in [6.45, 7) is 1.97. The second kappa shape index (κ2) is 6.43. The van der Waals surface area contributed by atoms with E-state index in [1.807, 2.05) is 19.1 Å². The fraction of sp³-hybridized carbons (Fsp3) is 0.429. The molecule has 1 N–H and O–H groups in total. The highest BCUT2D eigenvalue weighted by Crippen LogP contribution is 1.95. The Balaban J connectivity index is 3.49. The van der Waals surface area contributed by atoms with Gasteiger partial charge in [-0.3, -0.25) is 10.3 Å². The summed E-state index contributed by atoms with van der Waals surface area (Å²) in [6.07, 6.45) is 6.05. The molecule has 0 fully saturated rings. The van der Waals surface area contributed by atoms with Crippen LogP contribution in [0.15, 0.2) is 23.9 Å². The molecule has 10 heavy (non-hydrogen) atoms. The van der Waals surface area contributed by atoms with E-state index in [2.05, 4.69) is 10.3 Å². The van der Waals surface area contributed by atoms with Crippen LogP contribution in [0.3, 0.4) is 0 Å². The zero-order valence-corrected chi connectivity index (χ0v) is 6.42. The smallest absolute Gasteiger partial charge is 0.0712 e. The van der Waals surface area contributed by atoms with E-state index in [4.69, 9.17) is 7.85 Å². The van der Waals surface area contributed by atoms with Crippen molar-refractivity contribution in [3.63, 3.8) is 0 Å². The van der Waals surface area contributed by atoms with Gasteiger partial charge < -0.3 is 0 Å². The minimum atomic E-state index is 0.595. The van der Waals surface area contributed by atoms with Crippen LogP contribution in [0.2, 0.25) is 6.32 Å². The molecule has 0 aromatic carbocycles. The van der Waals surface area contributed by atoms with E-state index >= 15 is 0 Å². The van der Waals surface area contributed by atoms with Crippen molar-refractivity contribution < 1.29 is 4.84 Å². The van der Waals surface area contributed by atoms with Crippen LogP contribution in [0.5, 0.6) is 0 Å². The molecule has 0 aromatic heterocycles. The van der Waals surface area contributed by atoms with Crippen LogP contribution >= 0.6 is 0 Å². The number of hydrogen-bond donors (Lipinski definition) is 1. The van der Waals surface area contributed by atoms with Crippen molar-refractivity contribution in [3.05, 3.63) is 23.9 Å². The van der Waals surface area contributed by atoms with Crippen molar-refractivity contribution in [3.8, 4) is 0 Å². The number of hydrogen-bond acceptors (Lipinski definition) is 2. The van der Waals surface area contributed by atoms with E-state index in [-0.39, 0.29) is 0 Å².